The monoisotopic (exact) mass is 254 g/mol. The van der Waals surface area contributed by atoms with Crippen LogP contribution in [-0.4, -0.2) is 17.2 Å². The Hall–Kier alpha value is -1.69. The van der Waals surface area contributed by atoms with E-state index in [9.17, 15) is 9.18 Å². The number of hydrogen-bond acceptors (Lipinski definition) is 3. The van der Waals surface area contributed by atoms with Crippen molar-refractivity contribution in [3.63, 3.8) is 0 Å². The van der Waals surface area contributed by atoms with Crippen LogP contribution in [-0.2, 0) is 11.2 Å². The number of nitrogens with two attached hydrogens (primary N) is 1. The Bertz CT molecular complexity index is 479. The van der Waals surface area contributed by atoms with Gasteiger partial charge in [0, 0.05) is 18.5 Å². The van der Waals surface area contributed by atoms with Gasteiger partial charge in [0.25, 0.3) is 0 Å². The summed E-state index contributed by atoms with van der Waals surface area (Å²) in [5, 5.41) is 2.99. The van der Waals surface area contributed by atoms with Gasteiger partial charge in [-0.1, -0.05) is 12.2 Å². The lowest BCUT2D eigenvalue weighted by Crippen LogP contribution is -2.26. The number of rotatable bonds is 1. The molecule has 90 valence electrons. The third-order valence-corrected chi connectivity index (χ3v) is 2.75. The highest BCUT2D eigenvalue weighted by atomic mass is 32.1. The van der Waals surface area contributed by atoms with Gasteiger partial charge in [-0.05, 0) is 23.8 Å². The molecule has 17 heavy (non-hydrogen) atoms. The number of carbonyl (C=O) groups is 1. The molecule has 0 spiro atoms. The van der Waals surface area contributed by atoms with Crippen molar-refractivity contribution in [1.29, 1.82) is 0 Å². The first-order chi connectivity index (χ1) is 8.04. The molecule has 0 radical (unpaired) electrons. The van der Waals surface area contributed by atoms with E-state index in [0.29, 0.717) is 17.8 Å². The van der Waals surface area contributed by atoms with Crippen LogP contribution in [0.1, 0.15) is 12.0 Å². The number of nitrogens with one attached hydrogen (secondary N) is 1. The topological polar surface area (TPSA) is 64.4 Å². The van der Waals surface area contributed by atoms with Gasteiger partial charge in [0.05, 0.1) is 4.99 Å². The minimum atomic E-state index is -0.849. The lowest BCUT2D eigenvalue weighted by Gasteiger charge is -2.13. The van der Waals surface area contributed by atoms with Crippen LogP contribution in [0.2, 0.25) is 0 Å². The van der Waals surface area contributed by atoms with Crippen LogP contribution in [0.4, 0.5) is 14.9 Å². The largest absolute Gasteiger partial charge is 0.446 e. The predicted molar refractivity (Wildman–Crippen MR) is 65.4 cm³/mol. The molecule has 0 aromatic heterocycles. The Morgan fingerprint density at radius 2 is 2.29 bits per heavy atom. The van der Waals surface area contributed by atoms with E-state index in [4.69, 9.17) is 22.7 Å². The number of anilines is 1. The fraction of sp³-hybridized carbons (Fsp3) is 0.273. The number of primary amides is 1. The Morgan fingerprint density at radius 1 is 1.53 bits per heavy atom. The van der Waals surface area contributed by atoms with Gasteiger partial charge in [0.15, 0.2) is 0 Å². The number of hydrogen-bond donors (Lipinski definition) is 2. The first kappa shape index (κ1) is 11.8. The van der Waals surface area contributed by atoms with Crippen molar-refractivity contribution >= 4 is 29.0 Å². The molecule has 1 heterocycles. The number of benzene rings is 1. The summed E-state index contributed by atoms with van der Waals surface area (Å²) in [5.74, 6) is -0.337. The number of amides is 1. The van der Waals surface area contributed by atoms with Crippen LogP contribution in [0.3, 0.4) is 0 Å². The molecule has 1 aliphatic rings. The van der Waals surface area contributed by atoms with Crippen molar-refractivity contribution in [2.24, 2.45) is 5.73 Å². The molecular formula is C11H11FN2O2S. The zero-order valence-electron chi connectivity index (χ0n) is 8.90. The number of fused-ring (bicyclic) bond motifs is 1. The predicted octanol–water partition coefficient (Wildman–Crippen LogP) is 1.98. The maximum atomic E-state index is 13.1. The maximum absolute atomic E-state index is 13.1. The molecule has 1 aliphatic heterocycles. The fourth-order valence-electron chi connectivity index (χ4n) is 1.83. The molecule has 0 aliphatic carbocycles. The summed E-state index contributed by atoms with van der Waals surface area (Å²) in [6, 6.07) is 4.36. The molecule has 0 saturated heterocycles. The number of thiocarbonyl (C=S) groups is 1. The van der Waals surface area contributed by atoms with Gasteiger partial charge < -0.3 is 15.8 Å². The summed E-state index contributed by atoms with van der Waals surface area (Å²) in [7, 11) is 0. The Morgan fingerprint density at radius 3 is 3.00 bits per heavy atom. The van der Waals surface area contributed by atoms with Gasteiger partial charge in [-0.2, -0.15) is 0 Å². The van der Waals surface area contributed by atoms with E-state index in [-0.39, 0.29) is 5.82 Å². The molecule has 3 N–H and O–H groups in total. The Labute approximate surface area is 103 Å². The lowest BCUT2D eigenvalue weighted by molar-refractivity contribution is 0.111. The zero-order valence-corrected chi connectivity index (χ0v) is 9.72. The standard InChI is InChI=1S/C11H11FN2O2S/c12-7-1-2-9-6(3-7)4-8(16-11(13)15)5-10(17)14-9/h1-3,8H,4-5H2,(H2,13,15)(H,14,17). The second kappa shape index (κ2) is 4.67. The quantitative estimate of drug-likeness (QED) is 0.752. The van der Waals surface area contributed by atoms with Crippen LogP contribution in [0.25, 0.3) is 0 Å². The Balaban J connectivity index is 2.28. The van der Waals surface area contributed by atoms with Crippen LogP contribution in [0.5, 0.6) is 0 Å². The molecule has 1 unspecified atom stereocenters. The maximum Gasteiger partial charge on any atom is 0.404 e. The second-order valence-electron chi connectivity index (χ2n) is 3.82. The van der Waals surface area contributed by atoms with Crippen LogP contribution in [0, 0.1) is 5.82 Å². The molecule has 0 saturated carbocycles. The minimum Gasteiger partial charge on any atom is -0.446 e. The van der Waals surface area contributed by atoms with Crippen LogP contribution < -0.4 is 11.1 Å². The molecule has 6 heteroatoms. The lowest BCUT2D eigenvalue weighted by atomic mass is 10.1. The summed E-state index contributed by atoms with van der Waals surface area (Å²) >= 11 is 5.09. The second-order valence-corrected chi connectivity index (χ2v) is 4.31. The van der Waals surface area contributed by atoms with Gasteiger partial charge in [-0.25, -0.2) is 9.18 Å². The molecular weight excluding hydrogens is 243 g/mol. The van der Waals surface area contributed by atoms with E-state index < -0.39 is 12.2 Å². The molecule has 1 atom stereocenters. The summed E-state index contributed by atoms with van der Waals surface area (Å²) in [4.78, 5) is 11.3. The first-order valence-electron chi connectivity index (χ1n) is 5.09. The van der Waals surface area contributed by atoms with Crippen molar-refractivity contribution in [1.82, 2.24) is 0 Å². The van der Waals surface area contributed by atoms with E-state index in [1.54, 1.807) is 6.07 Å². The van der Waals surface area contributed by atoms with E-state index in [1.165, 1.54) is 12.1 Å². The van der Waals surface area contributed by atoms with Gasteiger partial charge in [0.1, 0.15) is 11.9 Å². The molecule has 1 aromatic rings. The van der Waals surface area contributed by atoms with E-state index >= 15 is 0 Å². The molecule has 0 fully saturated rings. The van der Waals surface area contributed by atoms with Gasteiger partial charge in [-0.3, -0.25) is 0 Å². The van der Waals surface area contributed by atoms with Gasteiger partial charge in [-0.15, -0.1) is 0 Å². The Kier molecular flexibility index (Phi) is 3.23. The van der Waals surface area contributed by atoms with E-state index in [1.807, 2.05) is 0 Å². The molecule has 0 bridgehead atoms. The molecule has 4 nitrogen and oxygen atoms in total. The average molecular weight is 254 g/mol. The third-order valence-electron chi connectivity index (χ3n) is 2.48. The average Bonchev–Trinajstić information content (AvgIpc) is 2.34. The summed E-state index contributed by atoms with van der Waals surface area (Å²) in [6.07, 6.45) is -0.522. The fourth-order valence-corrected chi connectivity index (χ4v) is 2.12. The molecule has 1 amide bonds. The highest BCUT2D eigenvalue weighted by molar-refractivity contribution is 7.80. The summed E-state index contributed by atoms with van der Waals surface area (Å²) in [6.45, 7) is 0. The third kappa shape index (κ3) is 2.91. The van der Waals surface area contributed by atoms with Crippen molar-refractivity contribution in [2.45, 2.75) is 18.9 Å². The number of ether oxygens (including phenoxy) is 1. The smallest absolute Gasteiger partial charge is 0.404 e. The highest BCUT2D eigenvalue weighted by Gasteiger charge is 2.22. The first-order valence-corrected chi connectivity index (χ1v) is 5.50. The number of halogens is 1. The normalized spacial score (nSPS) is 18.9. The van der Waals surface area contributed by atoms with Crippen molar-refractivity contribution in [2.75, 3.05) is 5.32 Å². The van der Waals surface area contributed by atoms with Gasteiger partial charge in [0.2, 0.25) is 0 Å². The van der Waals surface area contributed by atoms with Crippen molar-refractivity contribution < 1.29 is 13.9 Å². The van der Waals surface area contributed by atoms with Crippen molar-refractivity contribution in [3.05, 3.63) is 29.6 Å². The minimum absolute atomic E-state index is 0.337. The highest BCUT2D eigenvalue weighted by Crippen LogP contribution is 2.24. The molecule has 1 aromatic carbocycles. The summed E-state index contributed by atoms with van der Waals surface area (Å²) in [5.41, 5.74) is 6.43. The van der Waals surface area contributed by atoms with Crippen LogP contribution >= 0.6 is 12.2 Å². The SMILES string of the molecule is NC(=O)OC1CC(=S)Nc2ccc(F)cc2C1. The number of carbonyl (C=O) groups excluding carboxylic acids is 1. The van der Waals surface area contributed by atoms with Crippen molar-refractivity contribution in [3.8, 4) is 0 Å². The van der Waals surface area contributed by atoms with Crippen LogP contribution in [0.15, 0.2) is 18.2 Å². The van der Waals surface area contributed by atoms with Gasteiger partial charge >= 0.3 is 6.09 Å². The zero-order chi connectivity index (χ0) is 12.4. The molecule has 2 rings (SSSR count). The van der Waals surface area contributed by atoms with E-state index in [0.717, 1.165) is 11.3 Å². The summed E-state index contributed by atoms with van der Waals surface area (Å²) < 4.78 is 18.0. The van der Waals surface area contributed by atoms with E-state index in [2.05, 4.69) is 5.32 Å².